The topological polar surface area (TPSA) is 149 Å². The zero-order chi connectivity index (χ0) is 28.6. The van der Waals surface area contributed by atoms with Crippen molar-refractivity contribution in [2.75, 3.05) is 17.9 Å². The van der Waals surface area contributed by atoms with E-state index in [4.69, 9.17) is 37.4 Å². The maximum Gasteiger partial charge on any atom is 0.326 e. The number of hydrogen-bond donors (Lipinski definition) is 3. The number of thioether (sulfide) groups is 1. The first-order valence-corrected chi connectivity index (χ1v) is 14.5. The van der Waals surface area contributed by atoms with Crippen LogP contribution in [0.4, 0.5) is 5.13 Å². The Morgan fingerprint density at radius 2 is 1.77 bits per heavy atom. The van der Waals surface area contributed by atoms with E-state index in [0.29, 0.717) is 31.3 Å². The molecule has 3 aromatic rings. The predicted molar refractivity (Wildman–Crippen MR) is 150 cm³/mol. The number of nitrogens with one attached hydrogen (secondary N) is 2. The molecule has 2 amide bonds. The number of amides is 2. The first-order valence-electron chi connectivity index (χ1n) is 11.9. The molecule has 1 aliphatic rings. The Morgan fingerprint density at radius 1 is 1.10 bits per heavy atom. The van der Waals surface area contributed by atoms with E-state index in [-0.39, 0.29) is 25.0 Å². The van der Waals surface area contributed by atoms with E-state index in [9.17, 15) is 19.5 Å². The van der Waals surface area contributed by atoms with Crippen molar-refractivity contribution in [2.45, 2.75) is 42.5 Å². The molecular formula is C25H24Cl2N4O7S2. The highest BCUT2D eigenvalue weighted by Gasteiger charge is 2.42. The van der Waals surface area contributed by atoms with Crippen LogP contribution in [0.5, 0.6) is 5.75 Å². The molecule has 1 aliphatic heterocycles. The number of carboxylic acids is 1. The molecule has 1 unspecified atom stereocenters. The second-order valence-corrected chi connectivity index (χ2v) is 11.6. The van der Waals surface area contributed by atoms with Gasteiger partial charge in [-0.1, -0.05) is 71.4 Å². The van der Waals surface area contributed by atoms with Crippen molar-refractivity contribution < 1.29 is 33.7 Å². The van der Waals surface area contributed by atoms with Gasteiger partial charge in [-0.05, 0) is 35.6 Å². The number of halogens is 2. The summed E-state index contributed by atoms with van der Waals surface area (Å²) in [6, 6.07) is 10.6. The van der Waals surface area contributed by atoms with Crippen molar-refractivity contribution in [1.82, 2.24) is 15.5 Å². The molecule has 212 valence electrons. The van der Waals surface area contributed by atoms with E-state index in [1.165, 1.54) is 23.1 Å². The number of aliphatic carboxylic acids is 1. The minimum atomic E-state index is -1.34. The van der Waals surface area contributed by atoms with Crippen molar-refractivity contribution in [1.29, 1.82) is 0 Å². The Hall–Kier alpha value is -2.94. The number of rotatable bonds is 12. The summed E-state index contributed by atoms with van der Waals surface area (Å²) in [6.07, 6.45) is -2.65. The third kappa shape index (κ3) is 7.83. The van der Waals surface area contributed by atoms with Gasteiger partial charge in [0.2, 0.25) is 5.13 Å². The fraction of sp³-hybridized carbons (Fsp3) is 0.320. The molecule has 4 rings (SSSR count). The van der Waals surface area contributed by atoms with E-state index in [2.05, 4.69) is 20.8 Å². The van der Waals surface area contributed by atoms with Gasteiger partial charge >= 0.3 is 5.97 Å². The van der Waals surface area contributed by atoms with Gasteiger partial charge in [0, 0.05) is 22.0 Å². The molecular weight excluding hydrogens is 603 g/mol. The highest BCUT2D eigenvalue weighted by molar-refractivity contribution is 8.01. The molecule has 0 radical (unpaired) electrons. The largest absolute Gasteiger partial charge is 0.489 e. The van der Waals surface area contributed by atoms with Gasteiger partial charge in [0.25, 0.3) is 11.8 Å². The number of carbonyl (C=O) groups is 3. The number of anilines is 1. The van der Waals surface area contributed by atoms with Crippen molar-refractivity contribution >= 4 is 69.2 Å². The van der Waals surface area contributed by atoms with Crippen molar-refractivity contribution in [3.05, 3.63) is 63.6 Å². The molecule has 0 saturated carbocycles. The molecule has 2 aromatic carbocycles. The first kappa shape index (κ1) is 30.0. The number of carboxylic acid groups (broad SMARTS) is 1. The summed E-state index contributed by atoms with van der Waals surface area (Å²) in [5.74, 6) is -1.37. The maximum atomic E-state index is 12.9. The van der Waals surface area contributed by atoms with Crippen LogP contribution in [0.3, 0.4) is 0 Å². The summed E-state index contributed by atoms with van der Waals surface area (Å²) in [7, 11) is 0. The lowest BCUT2D eigenvalue weighted by Gasteiger charge is -2.19. The van der Waals surface area contributed by atoms with E-state index < -0.39 is 36.0 Å². The van der Waals surface area contributed by atoms with Gasteiger partial charge in [0.05, 0.1) is 0 Å². The van der Waals surface area contributed by atoms with Gasteiger partial charge in [-0.2, -0.15) is 0 Å². The van der Waals surface area contributed by atoms with Crippen LogP contribution in [0.25, 0.3) is 0 Å². The van der Waals surface area contributed by atoms with Crippen LogP contribution in [-0.4, -0.2) is 63.9 Å². The van der Waals surface area contributed by atoms with Crippen LogP contribution in [0.2, 0.25) is 10.0 Å². The Bertz CT molecular complexity index is 1340. The number of aromatic nitrogens is 2. The Labute approximate surface area is 247 Å². The van der Waals surface area contributed by atoms with Crippen LogP contribution >= 0.6 is 46.3 Å². The van der Waals surface area contributed by atoms with Gasteiger partial charge < -0.3 is 24.6 Å². The van der Waals surface area contributed by atoms with Crippen LogP contribution in [-0.2, 0) is 36.9 Å². The fourth-order valence-corrected chi connectivity index (χ4v) is 5.80. The second-order valence-electron chi connectivity index (χ2n) is 8.32. The number of nitrogens with zero attached hydrogens (tertiary/aromatic N) is 2. The monoisotopic (exact) mass is 626 g/mol. The van der Waals surface area contributed by atoms with Gasteiger partial charge in [-0.25, -0.2) is 4.79 Å². The molecule has 0 spiro atoms. The minimum absolute atomic E-state index is 0.0230. The Balaban J connectivity index is 1.33. The smallest absolute Gasteiger partial charge is 0.326 e. The molecule has 11 nitrogen and oxygen atoms in total. The van der Waals surface area contributed by atoms with E-state index >= 15 is 0 Å². The maximum absolute atomic E-state index is 12.9. The highest BCUT2D eigenvalue weighted by Crippen LogP contribution is 2.27. The van der Waals surface area contributed by atoms with E-state index in [0.717, 1.165) is 5.75 Å². The minimum Gasteiger partial charge on any atom is -0.489 e. The average Bonchev–Trinajstić information content (AvgIpc) is 3.59. The summed E-state index contributed by atoms with van der Waals surface area (Å²) in [6.45, 7) is 1.81. The van der Waals surface area contributed by atoms with Gasteiger partial charge in [0.1, 0.15) is 25.2 Å². The van der Waals surface area contributed by atoms with Crippen molar-refractivity contribution in [3.8, 4) is 5.75 Å². The summed E-state index contributed by atoms with van der Waals surface area (Å²) in [5.41, 5.74) is 1.28. The third-order valence-electron chi connectivity index (χ3n) is 5.61. The van der Waals surface area contributed by atoms with Crippen LogP contribution in [0.1, 0.15) is 18.1 Å². The molecule has 15 heteroatoms. The predicted octanol–water partition coefficient (Wildman–Crippen LogP) is 4.03. The quantitative estimate of drug-likeness (QED) is 0.199. The Morgan fingerprint density at radius 3 is 2.42 bits per heavy atom. The highest BCUT2D eigenvalue weighted by atomic mass is 35.5. The molecule has 3 N–H and O–H groups in total. The molecule has 0 aliphatic carbocycles. The van der Waals surface area contributed by atoms with Crippen molar-refractivity contribution in [2.24, 2.45) is 0 Å². The van der Waals surface area contributed by atoms with Crippen LogP contribution in [0.15, 0.2) is 46.8 Å². The molecule has 2 heterocycles. The molecule has 40 heavy (non-hydrogen) atoms. The van der Waals surface area contributed by atoms with E-state index in [1.807, 2.05) is 6.92 Å². The number of ether oxygens (including phenoxy) is 3. The third-order valence-corrected chi connectivity index (χ3v) is 8.18. The van der Waals surface area contributed by atoms with Crippen LogP contribution < -0.4 is 15.4 Å². The molecule has 3 atom stereocenters. The first-order chi connectivity index (χ1) is 19.2. The molecule has 1 fully saturated rings. The zero-order valence-electron chi connectivity index (χ0n) is 21.0. The lowest BCUT2D eigenvalue weighted by atomic mass is 10.0. The SMILES string of the molecule is CCSc1nnc(NC(=O)[C@@H]2OCO[C@H]2C(=O)NC(Cc2ccc(OCc3c(Cl)cccc3Cl)cc2)C(=O)O)s1. The lowest BCUT2D eigenvalue weighted by molar-refractivity contribution is -0.144. The fourth-order valence-electron chi connectivity index (χ4n) is 3.64. The lowest BCUT2D eigenvalue weighted by Crippen LogP contribution is -2.51. The van der Waals surface area contributed by atoms with Crippen molar-refractivity contribution in [3.63, 3.8) is 0 Å². The molecule has 1 aromatic heterocycles. The molecule has 0 bridgehead atoms. The van der Waals surface area contributed by atoms with Crippen LogP contribution in [0, 0.1) is 0 Å². The Kier molecular flexibility index (Phi) is 10.6. The van der Waals surface area contributed by atoms with Gasteiger partial charge in [-0.15, -0.1) is 10.2 Å². The van der Waals surface area contributed by atoms with E-state index in [1.54, 1.807) is 42.5 Å². The summed E-state index contributed by atoms with van der Waals surface area (Å²) >= 11 is 15.0. The summed E-state index contributed by atoms with van der Waals surface area (Å²) in [5, 5.41) is 23.8. The average molecular weight is 628 g/mol. The standard InChI is InChI=1S/C25H24Cl2N4O7S2/c1-2-39-25-31-30-24(40-25)29-22(33)20-19(37-12-38-20)21(32)28-18(23(34)35)10-13-6-8-14(9-7-13)36-11-15-16(26)4-3-5-17(15)27/h3-9,18-20H,2,10-12H2,1H3,(H,28,32)(H,34,35)(H,29,30,33)/t18?,19-,20-/m1/s1. The summed E-state index contributed by atoms with van der Waals surface area (Å²) < 4.78 is 17.0. The second kappa shape index (κ2) is 14.1. The normalized spacial score (nSPS) is 17.3. The number of carbonyl (C=O) groups excluding carboxylic acids is 2. The number of hydrogen-bond acceptors (Lipinski definition) is 10. The summed E-state index contributed by atoms with van der Waals surface area (Å²) in [4.78, 5) is 37.5. The molecule has 1 saturated heterocycles. The van der Waals surface area contributed by atoms with Gasteiger partial charge in [0.15, 0.2) is 16.5 Å². The zero-order valence-corrected chi connectivity index (χ0v) is 24.1. The number of benzene rings is 2. The van der Waals surface area contributed by atoms with Gasteiger partial charge in [-0.3, -0.25) is 14.9 Å².